The van der Waals surface area contributed by atoms with Gasteiger partial charge in [-0.05, 0) is 19.1 Å². The molecule has 1 atom stereocenters. The Balaban J connectivity index is 2.24. The number of anilines is 1. The van der Waals surface area contributed by atoms with Crippen LogP contribution in [0.3, 0.4) is 0 Å². The van der Waals surface area contributed by atoms with E-state index in [0.29, 0.717) is 22.3 Å². The Morgan fingerprint density at radius 3 is 2.95 bits per heavy atom. The highest BCUT2D eigenvalue weighted by Gasteiger charge is 2.24. The van der Waals surface area contributed by atoms with E-state index in [1.54, 1.807) is 19.2 Å². The van der Waals surface area contributed by atoms with Crippen LogP contribution in [0, 0.1) is 0 Å². The molecule has 0 radical (unpaired) electrons. The van der Waals surface area contributed by atoms with Gasteiger partial charge >= 0.3 is 5.97 Å². The summed E-state index contributed by atoms with van der Waals surface area (Å²) in [6.07, 6.45) is 1.65. The van der Waals surface area contributed by atoms with Crippen molar-refractivity contribution in [2.75, 3.05) is 11.9 Å². The lowest BCUT2D eigenvalue weighted by Gasteiger charge is -2.17. The number of halogens is 1. The van der Waals surface area contributed by atoms with Gasteiger partial charge in [0.25, 0.3) is 0 Å². The van der Waals surface area contributed by atoms with E-state index in [9.17, 15) is 4.79 Å². The largest absolute Gasteiger partial charge is 0.464 e. The van der Waals surface area contributed by atoms with Crippen LogP contribution in [0.1, 0.15) is 18.0 Å². The molecule has 6 heteroatoms. The molecule has 0 aliphatic carbocycles. The molecule has 0 aliphatic heterocycles. The van der Waals surface area contributed by atoms with Gasteiger partial charge in [0.2, 0.25) is 0 Å². The van der Waals surface area contributed by atoms with Gasteiger partial charge in [0.15, 0.2) is 6.04 Å². The minimum Gasteiger partial charge on any atom is -0.464 e. The number of benzene rings is 1. The lowest BCUT2D eigenvalue weighted by atomic mass is 10.2. The van der Waals surface area contributed by atoms with Crippen molar-refractivity contribution in [1.82, 2.24) is 4.98 Å². The third-order valence-corrected chi connectivity index (χ3v) is 3.56. The first-order valence-electron chi connectivity index (χ1n) is 5.79. The summed E-state index contributed by atoms with van der Waals surface area (Å²) in [6, 6.07) is 6.60. The van der Waals surface area contributed by atoms with Crippen molar-refractivity contribution >= 4 is 34.6 Å². The monoisotopic (exact) mass is 296 g/mol. The summed E-state index contributed by atoms with van der Waals surface area (Å²) in [5.41, 5.74) is 0.678. The smallest absolute Gasteiger partial charge is 0.335 e. The Kier molecular flexibility index (Phi) is 4.76. The minimum absolute atomic E-state index is 0.324. The van der Waals surface area contributed by atoms with Crippen LogP contribution in [0.4, 0.5) is 5.69 Å². The summed E-state index contributed by atoms with van der Waals surface area (Å²) in [5, 5.41) is 6.09. The second-order valence-electron chi connectivity index (χ2n) is 3.68. The molecule has 1 N–H and O–H groups in total. The molecule has 0 spiro atoms. The van der Waals surface area contributed by atoms with E-state index in [2.05, 4.69) is 10.3 Å². The Bertz CT molecular complexity index is 545. The van der Waals surface area contributed by atoms with Gasteiger partial charge in [0, 0.05) is 11.6 Å². The summed E-state index contributed by atoms with van der Waals surface area (Å²) >= 11 is 7.47. The van der Waals surface area contributed by atoms with Gasteiger partial charge in [-0.25, -0.2) is 9.78 Å². The van der Waals surface area contributed by atoms with Crippen LogP contribution in [0.25, 0.3) is 0 Å². The van der Waals surface area contributed by atoms with Gasteiger partial charge in [0.05, 0.1) is 17.3 Å². The zero-order valence-corrected chi connectivity index (χ0v) is 11.9. The average molecular weight is 297 g/mol. The fourth-order valence-corrected chi connectivity index (χ4v) is 2.42. The topological polar surface area (TPSA) is 51.2 Å². The summed E-state index contributed by atoms with van der Waals surface area (Å²) in [4.78, 5) is 16.2. The summed E-state index contributed by atoms with van der Waals surface area (Å²) in [6.45, 7) is 2.09. The van der Waals surface area contributed by atoms with Gasteiger partial charge in [0.1, 0.15) is 5.01 Å². The fraction of sp³-hybridized carbons (Fsp3) is 0.231. The van der Waals surface area contributed by atoms with E-state index in [4.69, 9.17) is 16.3 Å². The fourth-order valence-electron chi connectivity index (χ4n) is 1.56. The number of aromatic nitrogens is 1. The first-order chi connectivity index (χ1) is 9.22. The van der Waals surface area contributed by atoms with Crippen LogP contribution in [0.5, 0.6) is 0 Å². The Hall–Kier alpha value is -1.59. The highest BCUT2D eigenvalue weighted by Crippen LogP contribution is 2.27. The van der Waals surface area contributed by atoms with Gasteiger partial charge in [-0.3, -0.25) is 0 Å². The predicted molar refractivity (Wildman–Crippen MR) is 76.6 cm³/mol. The van der Waals surface area contributed by atoms with Crippen molar-refractivity contribution in [2.24, 2.45) is 0 Å². The molecule has 0 fully saturated rings. The van der Waals surface area contributed by atoms with Gasteiger partial charge in [-0.1, -0.05) is 23.7 Å². The predicted octanol–water partition coefficient (Wildman–Crippen LogP) is 3.51. The summed E-state index contributed by atoms with van der Waals surface area (Å²) < 4.78 is 5.06. The van der Waals surface area contributed by atoms with E-state index >= 15 is 0 Å². The number of carbonyl (C=O) groups excluding carboxylic acids is 1. The van der Waals surface area contributed by atoms with E-state index < -0.39 is 6.04 Å². The molecule has 2 rings (SSSR count). The molecule has 4 nitrogen and oxygen atoms in total. The normalized spacial score (nSPS) is 11.9. The number of esters is 1. The van der Waals surface area contributed by atoms with Crippen molar-refractivity contribution in [3.63, 3.8) is 0 Å². The standard InChI is InChI=1S/C13H13ClN2O2S/c1-2-18-13(17)11(12-15-7-8-19-12)16-10-6-4-3-5-9(10)14/h3-8,11,16H,2H2,1H3. The van der Waals surface area contributed by atoms with Crippen LogP contribution < -0.4 is 5.32 Å². The van der Waals surface area contributed by atoms with E-state index in [1.807, 2.05) is 23.6 Å². The zero-order chi connectivity index (χ0) is 13.7. The number of nitrogens with zero attached hydrogens (tertiary/aromatic N) is 1. The Labute approximate surface area is 120 Å². The lowest BCUT2D eigenvalue weighted by molar-refractivity contribution is -0.144. The van der Waals surface area contributed by atoms with Crippen molar-refractivity contribution in [2.45, 2.75) is 13.0 Å². The highest BCUT2D eigenvalue weighted by molar-refractivity contribution is 7.09. The molecule has 19 heavy (non-hydrogen) atoms. The number of hydrogen-bond donors (Lipinski definition) is 1. The first-order valence-corrected chi connectivity index (χ1v) is 7.05. The second kappa shape index (κ2) is 6.54. The van der Waals surface area contributed by atoms with Crippen LogP contribution in [0.2, 0.25) is 5.02 Å². The molecule has 1 aromatic heterocycles. The molecule has 0 bridgehead atoms. The highest BCUT2D eigenvalue weighted by atomic mass is 35.5. The average Bonchev–Trinajstić information content (AvgIpc) is 2.91. The molecule has 0 saturated heterocycles. The van der Waals surface area contributed by atoms with Crippen LogP contribution in [0.15, 0.2) is 35.8 Å². The lowest BCUT2D eigenvalue weighted by Crippen LogP contribution is -2.23. The number of ether oxygens (including phenoxy) is 1. The third kappa shape index (κ3) is 3.45. The van der Waals surface area contributed by atoms with Crippen molar-refractivity contribution in [3.05, 3.63) is 45.9 Å². The summed E-state index contributed by atoms with van der Waals surface area (Å²) in [5.74, 6) is -0.364. The van der Waals surface area contributed by atoms with Crippen LogP contribution in [-0.2, 0) is 9.53 Å². The molecule has 0 aliphatic rings. The second-order valence-corrected chi connectivity index (χ2v) is 5.01. The van der Waals surface area contributed by atoms with Gasteiger partial charge < -0.3 is 10.1 Å². The van der Waals surface area contributed by atoms with Crippen LogP contribution >= 0.6 is 22.9 Å². The maximum absolute atomic E-state index is 12.0. The molecule has 100 valence electrons. The van der Waals surface area contributed by atoms with Crippen molar-refractivity contribution in [3.8, 4) is 0 Å². The minimum atomic E-state index is -0.639. The SMILES string of the molecule is CCOC(=O)C(Nc1ccccc1Cl)c1nccs1. The van der Waals surface area contributed by atoms with Gasteiger partial charge in [-0.15, -0.1) is 11.3 Å². The molecule has 1 unspecified atom stereocenters. The van der Waals surface area contributed by atoms with Crippen molar-refractivity contribution in [1.29, 1.82) is 0 Å². The Morgan fingerprint density at radius 1 is 1.53 bits per heavy atom. The maximum atomic E-state index is 12.0. The number of thiazole rings is 1. The molecule has 0 amide bonds. The molecule has 1 aromatic carbocycles. The van der Waals surface area contributed by atoms with Gasteiger partial charge in [-0.2, -0.15) is 0 Å². The number of rotatable bonds is 5. The number of carbonyl (C=O) groups is 1. The molecule has 2 aromatic rings. The molecule has 1 heterocycles. The quantitative estimate of drug-likeness (QED) is 0.858. The molecular weight excluding hydrogens is 284 g/mol. The molecular formula is C13H13ClN2O2S. The first kappa shape index (κ1) is 13.8. The molecule has 0 saturated carbocycles. The Morgan fingerprint density at radius 2 is 2.32 bits per heavy atom. The number of nitrogens with one attached hydrogen (secondary N) is 1. The maximum Gasteiger partial charge on any atom is 0.335 e. The van der Waals surface area contributed by atoms with E-state index in [-0.39, 0.29) is 5.97 Å². The van der Waals surface area contributed by atoms with E-state index in [0.717, 1.165) is 0 Å². The number of para-hydroxylation sites is 1. The zero-order valence-electron chi connectivity index (χ0n) is 10.3. The summed E-state index contributed by atoms with van der Waals surface area (Å²) in [7, 11) is 0. The van der Waals surface area contributed by atoms with Crippen LogP contribution in [-0.4, -0.2) is 17.6 Å². The number of hydrogen-bond acceptors (Lipinski definition) is 5. The van der Waals surface area contributed by atoms with E-state index in [1.165, 1.54) is 11.3 Å². The van der Waals surface area contributed by atoms with Crippen molar-refractivity contribution < 1.29 is 9.53 Å². The third-order valence-electron chi connectivity index (χ3n) is 2.39.